The third-order valence-electron chi connectivity index (χ3n) is 4.17. The highest BCUT2D eigenvalue weighted by Gasteiger charge is 2.22. The SMILES string of the molecule is CCN(Cc1cc(F)ccc1C(=O)O)C1CCCCC1. The van der Waals surface area contributed by atoms with Crippen LogP contribution in [0.1, 0.15) is 54.9 Å². The van der Waals surface area contributed by atoms with Crippen molar-refractivity contribution in [3.63, 3.8) is 0 Å². The number of rotatable bonds is 5. The molecule has 1 N–H and O–H groups in total. The van der Waals surface area contributed by atoms with E-state index in [4.69, 9.17) is 0 Å². The van der Waals surface area contributed by atoms with Crippen LogP contribution in [0.3, 0.4) is 0 Å². The summed E-state index contributed by atoms with van der Waals surface area (Å²) < 4.78 is 13.4. The molecule has 1 aliphatic carbocycles. The summed E-state index contributed by atoms with van der Waals surface area (Å²) in [4.78, 5) is 13.5. The van der Waals surface area contributed by atoms with Crippen molar-refractivity contribution in [2.24, 2.45) is 0 Å². The zero-order valence-corrected chi connectivity index (χ0v) is 11.9. The third-order valence-corrected chi connectivity index (χ3v) is 4.17. The Morgan fingerprint density at radius 2 is 2.05 bits per heavy atom. The summed E-state index contributed by atoms with van der Waals surface area (Å²) in [6, 6.07) is 4.43. The number of benzene rings is 1. The van der Waals surface area contributed by atoms with Crippen molar-refractivity contribution >= 4 is 5.97 Å². The van der Waals surface area contributed by atoms with Gasteiger partial charge in [0.15, 0.2) is 0 Å². The fraction of sp³-hybridized carbons (Fsp3) is 0.562. The van der Waals surface area contributed by atoms with E-state index >= 15 is 0 Å². The van der Waals surface area contributed by atoms with Gasteiger partial charge >= 0.3 is 5.97 Å². The second-order valence-electron chi connectivity index (χ2n) is 5.46. The van der Waals surface area contributed by atoms with E-state index in [1.165, 1.54) is 37.5 Å². The first kappa shape index (κ1) is 15.0. The van der Waals surface area contributed by atoms with E-state index in [-0.39, 0.29) is 11.4 Å². The molecular weight excluding hydrogens is 257 g/mol. The smallest absolute Gasteiger partial charge is 0.336 e. The fourth-order valence-electron chi connectivity index (χ4n) is 3.07. The number of carbonyl (C=O) groups is 1. The highest BCUT2D eigenvalue weighted by Crippen LogP contribution is 2.25. The minimum absolute atomic E-state index is 0.209. The Bertz CT molecular complexity index is 470. The average Bonchev–Trinajstić information content (AvgIpc) is 2.45. The maximum atomic E-state index is 13.4. The maximum absolute atomic E-state index is 13.4. The van der Waals surface area contributed by atoms with Crippen LogP contribution in [-0.4, -0.2) is 28.6 Å². The monoisotopic (exact) mass is 279 g/mol. The predicted molar refractivity (Wildman–Crippen MR) is 76.3 cm³/mol. The summed E-state index contributed by atoms with van der Waals surface area (Å²) in [7, 11) is 0. The standard InChI is InChI=1S/C16H22FNO2/c1-2-18(14-6-4-3-5-7-14)11-12-10-13(17)8-9-15(12)16(19)20/h8-10,14H,2-7,11H2,1H3,(H,19,20). The first-order chi connectivity index (χ1) is 9.61. The molecule has 0 spiro atoms. The number of hydrogen-bond acceptors (Lipinski definition) is 2. The molecule has 1 aromatic carbocycles. The van der Waals surface area contributed by atoms with Gasteiger partial charge in [-0.25, -0.2) is 9.18 Å². The second kappa shape index (κ2) is 6.84. The number of halogens is 1. The Balaban J connectivity index is 2.17. The Morgan fingerprint density at radius 3 is 2.65 bits per heavy atom. The van der Waals surface area contributed by atoms with E-state index in [2.05, 4.69) is 11.8 Å². The molecule has 0 aromatic heterocycles. The normalized spacial score (nSPS) is 16.6. The molecule has 0 atom stereocenters. The quantitative estimate of drug-likeness (QED) is 0.894. The van der Waals surface area contributed by atoms with Crippen LogP contribution in [0.4, 0.5) is 4.39 Å². The van der Waals surface area contributed by atoms with Crippen molar-refractivity contribution < 1.29 is 14.3 Å². The van der Waals surface area contributed by atoms with Crippen molar-refractivity contribution in [2.45, 2.75) is 51.6 Å². The molecule has 1 aliphatic rings. The van der Waals surface area contributed by atoms with E-state index in [0.717, 1.165) is 19.4 Å². The van der Waals surface area contributed by atoms with Crippen LogP contribution in [0, 0.1) is 5.82 Å². The van der Waals surface area contributed by atoms with Crippen molar-refractivity contribution in [1.29, 1.82) is 0 Å². The molecule has 4 heteroatoms. The predicted octanol–water partition coefficient (Wildman–Crippen LogP) is 3.68. The van der Waals surface area contributed by atoms with Gasteiger partial charge in [0, 0.05) is 12.6 Å². The molecule has 1 saturated carbocycles. The summed E-state index contributed by atoms with van der Waals surface area (Å²) in [6.07, 6.45) is 6.07. The molecule has 3 nitrogen and oxygen atoms in total. The molecule has 0 unspecified atom stereocenters. The van der Waals surface area contributed by atoms with Gasteiger partial charge in [0.05, 0.1) is 5.56 Å². The largest absolute Gasteiger partial charge is 0.478 e. The highest BCUT2D eigenvalue weighted by molar-refractivity contribution is 5.89. The van der Waals surface area contributed by atoms with Crippen molar-refractivity contribution in [2.75, 3.05) is 6.54 Å². The zero-order chi connectivity index (χ0) is 14.5. The highest BCUT2D eigenvalue weighted by atomic mass is 19.1. The van der Waals surface area contributed by atoms with Crippen molar-refractivity contribution in [3.8, 4) is 0 Å². The fourth-order valence-corrected chi connectivity index (χ4v) is 3.07. The maximum Gasteiger partial charge on any atom is 0.336 e. The molecule has 0 heterocycles. The van der Waals surface area contributed by atoms with Gasteiger partial charge in [0.1, 0.15) is 5.82 Å². The number of carboxylic acid groups (broad SMARTS) is 1. The first-order valence-corrected chi connectivity index (χ1v) is 7.37. The van der Waals surface area contributed by atoms with Gasteiger partial charge in [0.2, 0.25) is 0 Å². The number of hydrogen-bond donors (Lipinski definition) is 1. The van der Waals surface area contributed by atoms with Gasteiger partial charge in [0.25, 0.3) is 0 Å². The lowest BCUT2D eigenvalue weighted by Gasteiger charge is -2.33. The zero-order valence-electron chi connectivity index (χ0n) is 11.9. The molecule has 0 amide bonds. The van der Waals surface area contributed by atoms with Gasteiger partial charge in [-0.05, 0) is 43.1 Å². The van der Waals surface area contributed by atoms with E-state index in [9.17, 15) is 14.3 Å². The molecule has 0 saturated heterocycles. The summed E-state index contributed by atoms with van der Waals surface area (Å²) in [5, 5.41) is 9.21. The minimum Gasteiger partial charge on any atom is -0.478 e. The average molecular weight is 279 g/mol. The third kappa shape index (κ3) is 3.57. The molecule has 20 heavy (non-hydrogen) atoms. The Kier molecular flexibility index (Phi) is 5.12. The Morgan fingerprint density at radius 1 is 1.35 bits per heavy atom. The molecule has 1 fully saturated rings. The summed E-state index contributed by atoms with van der Waals surface area (Å²) in [5.41, 5.74) is 0.783. The molecule has 0 bridgehead atoms. The summed E-state index contributed by atoms with van der Waals surface area (Å²) in [6.45, 7) is 3.45. The lowest BCUT2D eigenvalue weighted by molar-refractivity contribution is 0.0693. The van der Waals surface area contributed by atoms with Crippen LogP contribution in [-0.2, 0) is 6.54 Å². The van der Waals surface area contributed by atoms with E-state index < -0.39 is 5.97 Å². The van der Waals surface area contributed by atoms with E-state index in [0.29, 0.717) is 18.2 Å². The number of carboxylic acids is 1. The molecular formula is C16H22FNO2. The summed E-state index contributed by atoms with van der Waals surface area (Å²) in [5.74, 6) is -1.36. The van der Waals surface area contributed by atoms with Gasteiger partial charge < -0.3 is 5.11 Å². The van der Waals surface area contributed by atoms with E-state index in [1.807, 2.05) is 0 Å². The van der Waals surface area contributed by atoms with Gasteiger partial charge in [-0.2, -0.15) is 0 Å². The topological polar surface area (TPSA) is 40.5 Å². The number of nitrogens with zero attached hydrogens (tertiary/aromatic N) is 1. The lowest BCUT2D eigenvalue weighted by Crippen LogP contribution is -2.36. The second-order valence-corrected chi connectivity index (χ2v) is 5.46. The minimum atomic E-state index is -0.986. The van der Waals surface area contributed by atoms with E-state index in [1.54, 1.807) is 0 Å². The first-order valence-electron chi connectivity index (χ1n) is 7.37. The van der Waals surface area contributed by atoms with Crippen molar-refractivity contribution in [3.05, 3.63) is 35.1 Å². The number of aromatic carboxylic acids is 1. The van der Waals surface area contributed by atoms with Gasteiger partial charge in [-0.15, -0.1) is 0 Å². The molecule has 0 radical (unpaired) electrons. The van der Waals surface area contributed by atoms with Crippen LogP contribution >= 0.6 is 0 Å². The Hall–Kier alpha value is -1.42. The van der Waals surface area contributed by atoms with Gasteiger partial charge in [-0.3, -0.25) is 4.90 Å². The van der Waals surface area contributed by atoms with Gasteiger partial charge in [-0.1, -0.05) is 26.2 Å². The lowest BCUT2D eigenvalue weighted by atomic mass is 9.93. The summed E-state index contributed by atoms with van der Waals surface area (Å²) >= 11 is 0. The van der Waals surface area contributed by atoms with Crippen molar-refractivity contribution in [1.82, 2.24) is 4.90 Å². The molecule has 2 rings (SSSR count). The Labute approximate surface area is 119 Å². The van der Waals surface area contributed by atoms with Crippen LogP contribution < -0.4 is 0 Å². The molecule has 1 aromatic rings. The molecule has 0 aliphatic heterocycles. The van der Waals surface area contributed by atoms with Crippen LogP contribution in [0.2, 0.25) is 0 Å². The van der Waals surface area contributed by atoms with Crippen LogP contribution in [0.15, 0.2) is 18.2 Å². The van der Waals surface area contributed by atoms with Crippen LogP contribution in [0.25, 0.3) is 0 Å². The molecule has 110 valence electrons. The van der Waals surface area contributed by atoms with Crippen LogP contribution in [0.5, 0.6) is 0 Å².